The molecule has 1 amide bonds. The summed E-state index contributed by atoms with van der Waals surface area (Å²) in [6.45, 7) is 7.30. The van der Waals surface area contributed by atoms with Gasteiger partial charge in [0.05, 0.1) is 0 Å². The third-order valence-corrected chi connectivity index (χ3v) is 5.83. The first-order valence-corrected chi connectivity index (χ1v) is 10.7. The van der Waals surface area contributed by atoms with Crippen LogP contribution in [0.2, 0.25) is 0 Å². The molecule has 31 heavy (non-hydrogen) atoms. The summed E-state index contributed by atoms with van der Waals surface area (Å²) < 4.78 is 19.2. The van der Waals surface area contributed by atoms with Gasteiger partial charge in [-0.2, -0.15) is 4.98 Å². The van der Waals surface area contributed by atoms with E-state index in [1.54, 1.807) is 19.1 Å². The molecule has 0 spiro atoms. The SMILES string of the molecule is Cc1ccc(NC(=O)C2CCN(c3nc(-c4ccc(C(C)C)cc4)no3)CC2)cc1F. The van der Waals surface area contributed by atoms with Gasteiger partial charge in [0.2, 0.25) is 11.7 Å². The van der Waals surface area contributed by atoms with E-state index in [1.165, 1.54) is 11.6 Å². The molecule has 1 aromatic heterocycles. The molecule has 6 nitrogen and oxygen atoms in total. The van der Waals surface area contributed by atoms with Crippen LogP contribution in [0.3, 0.4) is 0 Å². The largest absolute Gasteiger partial charge is 0.326 e. The first kappa shape index (κ1) is 21.0. The Hall–Kier alpha value is -3.22. The predicted octanol–water partition coefficient (Wildman–Crippen LogP) is 5.16. The van der Waals surface area contributed by atoms with Gasteiger partial charge in [-0.25, -0.2) is 4.39 Å². The Morgan fingerprint density at radius 3 is 2.52 bits per heavy atom. The molecule has 0 unspecified atom stereocenters. The van der Waals surface area contributed by atoms with Crippen molar-refractivity contribution in [1.29, 1.82) is 0 Å². The van der Waals surface area contributed by atoms with Gasteiger partial charge in [-0.1, -0.05) is 49.3 Å². The molecule has 0 bridgehead atoms. The van der Waals surface area contributed by atoms with Crippen LogP contribution >= 0.6 is 0 Å². The van der Waals surface area contributed by atoms with Crippen molar-refractivity contribution in [3.05, 3.63) is 59.4 Å². The summed E-state index contributed by atoms with van der Waals surface area (Å²) in [7, 11) is 0. The van der Waals surface area contributed by atoms with Crippen LogP contribution in [0.5, 0.6) is 0 Å². The molecule has 7 heteroatoms. The first-order chi connectivity index (χ1) is 14.9. The van der Waals surface area contributed by atoms with E-state index < -0.39 is 0 Å². The fraction of sp³-hybridized carbons (Fsp3) is 0.375. The summed E-state index contributed by atoms with van der Waals surface area (Å²) in [5.41, 5.74) is 3.22. The Balaban J connectivity index is 1.34. The highest BCUT2D eigenvalue weighted by Crippen LogP contribution is 2.26. The number of amides is 1. The van der Waals surface area contributed by atoms with Crippen LogP contribution in [0.25, 0.3) is 11.4 Å². The van der Waals surface area contributed by atoms with Gasteiger partial charge in [0, 0.05) is 30.3 Å². The summed E-state index contributed by atoms with van der Waals surface area (Å²) in [5.74, 6) is 0.495. The van der Waals surface area contributed by atoms with E-state index in [4.69, 9.17) is 4.52 Å². The molecule has 1 fully saturated rings. The van der Waals surface area contributed by atoms with Gasteiger partial charge in [-0.15, -0.1) is 0 Å². The molecule has 1 aliphatic rings. The molecule has 0 atom stereocenters. The van der Waals surface area contributed by atoms with Crippen LogP contribution in [-0.4, -0.2) is 29.1 Å². The maximum Gasteiger partial charge on any atom is 0.324 e. The number of rotatable bonds is 5. The molecule has 0 radical (unpaired) electrons. The fourth-order valence-corrected chi connectivity index (χ4v) is 3.73. The van der Waals surface area contributed by atoms with Crippen LogP contribution in [0.15, 0.2) is 47.0 Å². The van der Waals surface area contributed by atoms with Gasteiger partial charge in [-0.3, -0.25) is 4.79 Å². The second-order valence-corrected chi connectivity index (χ2v) is 8.39. The number of hydrogen-bond donors (Lipinski definition) is 1. The molecule has 1 saturated heterocycles. The molecular weight excluding hydrogens is 395 g/mol. The first-order valence-electron chi connectivity index (χ1n) is 10.7. The summed E-state index contributed by atoms with van der Waals surface area (Å²) in [4.78, 5) is 19.1. The summed E-state index contributed by atoms with van der Waals surface area (Å²) >= 11 is 0. The van der Waals surface area contributed by atoms with Gasteiger partial charge in [0.25, 0.3) is 0 Å². The molecule has 1 N–H and O–H groups in total. The lowest BCUT2D eigenvalue weighted by atomic mass is 9.96. The Kier molecular flexibility index (Phi) is 6.02. The van der Waals surface area contributed by atoms with Gasteiger partial charge >= 0.3 is 6.01 Å². The fourth-order valence-electron chi connectivity index (χ4n) is 3.73. The smallest absolute Gasteiger partial charge is 0.324 e. The van der Waals surface area contributed by atoms with Crippen LogP contribution in [0, 0.1) is 18.7 Å². The second kappa shape index (κ2) is 8.88. The molecule has 4 rings (SSSR count). The van der Waals surface area contributed by atoms with E-state index in [9.17, 15) is 9.18 Å². The summed E-state index contributed by atoms with van der Waals surface area (Å²) in [5, 5.41) is 6.94. The summed E-state index contributed by atoms with van der Waals surface area (Å²) in [6, 6.07) is 13.4. The molecule has 0 saturated carbocycles. The van der Waals surface area contributed by atoms with E-state index in [1.807, 2.05) is 17.0 Å². The minimum absolute atomic E-state index is 0.0839. The third-order valence-electron chi connectivity index (χ3n) is 5.83. The molecular formula is C24H27FN4O2. The molecule has 1 aliphatic heterocycles. The van der Waals surface area contributed by atoms with E-state index in [0.717, 1.165) is 5.56 Å². The normalized spacial score (nSPS) is 14.8. The van der Waals surface area contributed by atoms with E-state index in [-0.39, 0.29) is 17.6 Å². The Labute approximate surface area is 181 Å². The number of nitrogens with zero attached hydrogens (tertiary/aromatic N) is 3. The Bertz CT molecular complexity index is 1050. The topological polar surface area (TPSA) is 71.3 Å². The van der Waals surface area contributed by atoms with Crippen molar-refractivity contribution in [1.82, 2.24) is 10.1 Å². The third kappa shape index (κ3) is 4.76. The van der Waals surface area contributed by atoms with Crippen LogP contribution in [0.4, 0.5) is 16.1 Å². The molecule has 2 heterocycles. The highest BCUT2D eigenvalue weighted by molar-refractivity contribution is 5.92. The van der Waals surface area contributed by atoms with Crippen LogP contribution < -0.4 is 10.2 Å². The van der Waals surface area contributed by atoms with Crippen molar-refractivity contribution in [2.75, 3.05) is 23.3 Å². The van der Waals surface area contributed by atoms with Crippen LogP contribution in [-0.2, 0) is 4.79 Å². The highest BCUT2D eigenvalue weighted by atomic mass is 19.1. The lowest BCUT2D eigenvalue weighted by Gasteiger charge is -2.29. The van der Waals surface area contributed by atoms with Crippen molar-refractivity contribution < 1.29 is 13.7 Å². The maximum absolute atomic E-state index is 13.7. The predicted molar refractivity (Wildman–Crippen MR) is 119 cm³/mol. The number of anilines is 2. The van der Waals surface area contributed by atoms with Crippen LogP contribution in [0.1, 0.15) is 43.7 Å². The number of aryl methyl sites for hydroxylation is 1. The average molecular weight is 423 g/mol. The standard InChI is InChI=1S/C24H27FN4O2/c1-15(2)17-5-7-18(8-6-17)22-27-24(31-28-22)29-12-10-19(11-13-29)23(30)26-20-9-4-16(3)21(25)14-20/h4-9,14-15,19H,10-13H2,1-3H3,(H,26,30). The lowest BCUT2D eigenvalue weighted by Crippen LogP contribution is -2.38. The highest BCUT2D eigenvalue weighted by Gasteiger charge is 2.27. The van der Waals surface area contributed by atoms with Gasteiger partial charge in [-0.05, 0) is 48.9 Å². The molecule has 0 aliphatic carbocycles. The minimum Gasteiger partial charge on any atom is -0.326 e. The van der Waals surface area contributed by atoms with E-state index in [2.05, 4.69) is 41.4 Å². The number of piperidine rings is 1. The number of nitrogens with one attached hydrogen (secondary N) is 1. The maximum atomic E-state index is 13.7. The van der Waals surface area contributed by atoms with Gasteiger partial charge < -0.3 is 14.7 Å². The zero-order valence-corrected chi connectivity index (χ0v) is 18.1. The van der Waals surface area contributed by atoms with Crippen molar-refractivity contribution in [3.8, 4) is 11.4 Å². The average Bonchev–Trinajstić information content (AvgIpc) is 3.27. The minimum atomic E-state index is -0.321. The Morgan fingerprint density at radius 2 is 1.87 bits per heavy atom. The number of aromatic nitrogens is 2. The number of halogens is 1. The number of carbonyl (C=O) groups is 1. The zero-order valence-electron chi connectivity index (χ0n) is 18.1. The Morgan fingerprint density at radius 1 is 1.16 bits per heavy atom. The van der Waals surface area contributed by atoms with Crippen molar-refractivity contribution in [2.24, 2.45) is 5.92 Å². The van der Waals surface area contributed by atoms with Crippen molar-refractivity contribution in [2.45, 2.75) is 39.5 Å². The molecule has 2 aromatic carbocycles. The number of carbonyl (C=O) groups excluding carboxylic acids is 1. The number of benzene rings is 2. The van der Waals surface area contributed by atoms with E-state index >= 15 is 0 Å². The molecule has 162 valence electrons. The van der Waals surface area contributed by atoms with E-state index in [0.29, 0.717) is 54.9 Å². The second-order valence-electron chi connectivity index (χ2n) is 8.39. The summed E-state index contributed by atoms with van der Waals surface area (Å²) in [6.07, 6.45) is 1.34. The lowest BCUT2D eigenvalue weighted by molar-refractivity contribution is -0.120. The van der Waals surface area contributed by atoms with Crippen molar-refractivity contribution >= 4 is 17.6 Å². The van der Waals surface area contributed by atoms with Gasteiger partial charge in [0.15, 0.2) is 0 Å². The molecule has 3 aromatic rings. The monoisotopic (exact) mass is 422 g/mol. The van der Waals surface area contributed by atoms with Gasteiger partial charge in [0.1, 0.15) is 5.82 Å². The quantitative estimate of drug-likeness (QED) is 0.615. The number of hydrogen-bond acceptors (Lipinski definition) is 5. The zero-order chi connectivity index (χ0) is 22.0. The van der Waals surface area contributed by atoms with Crippen molar-refractivity contribution in [3.63, 3.8) is 0 Å².